The molecule has 5 aromatic carbocycles. The summed E-state index contributed by atoms with van der Waals surface area (Å²) in [6, 6.07) is 22.6. The van der Waals surface area contributed by atoms with E-state index in [0.29, 0.717) is 0 Å². The van der Waals surface area contributed by atoms with Crippen LogP contribution in [0, 0.1) is 13.8 Å². The van der Waals surface area contributed by atoms with Gasteiger partial charge in [-0.05, 0) is 68.1 Å². The minimum atomic E-state index is 1.33. The lowest BCUT2D eigenvalue weighted by Crippen LogP contribution is -1.88. The molecule has 0 bridgehead atoms. The van der Waals surface area contributed by atoms with E-state index in [1.807, 2.05) is 0 Å². The van der Waals surface area contributed by atoms with Crippen molar-refractivity contribution in [1.82, 2.24) is 0 Å². The molecule has 104 valence electrons. The van der Waals surface area contributed by atoms with Gasteiger partial charge in [-0.2, -0.15) is 0 Å². The van der Waals surface area contributed by atoms with Crippen LogP contribution in [0.3, 0.4) is 0 Å². The summed E-state index contributed by atoms with van der Waals surface area (Å²) in [5.74, 6) is 0. The molecule has 0 spiro atoms. The van der Waals surface area contributed by atoms with E-state index in [2.05, 4.69) is 74.5 Å². The normalized spacial score (nSPS) is 12.1. The molecule has 0 aliphatic rings. The summed E-state index contributed by atoms with van der Waals surface area (Å²) >= 11 is 0. The zero-order valence-corrected chi connectivity index (χ0v) is 12.8. The topological polar surface area (TPSA) is 0 Å². The molecule has 0 aliphatic carbocycles. The summed E-state index contributed by atoms with van der Waals surface area (Å²) in [7, 11) is 0. The highest BCUT2D eigenvalue weighted by Crippen LogP contribution is 2.40. The molecule has 0 saturated heterocycles. The zero-order valence-electron chi connectivity index (χ0n) is 12.8. The zero-order chi connectivity index (χ0) is 14.8. The predicted octanol–water partition coefficient (Wildman–Crippen LogP) is 6.35. The Morgan fingerprint density at radius 2 is 1.00 bits per heavy atom. The Morgan fingerprint density at radius 1 is 0.500 bits per heavy atom. The first-order valence-corrected chi connectivity index (χ1v) is 7.80. The Morgan fingerprint density at radius 3 is 1.55 bits per heavy atom. The van der Waals surface area contributed by atoms with E-state index in [4.69, 9.17) is 0 Å². The molecular formula is C22H16. The Bertz CT molecular complexity index is 1090. The molecule has 0 saturated carbocycles. The smallest absolute Gasteiger partial charge is 0.00260 e. The molecular weight excluding hydrogens is 264 g/mol. The largest absolute Gasteiger partial charge is 0.0610 e. The lowest BCUT2D eigenvalue weighted by Gasteiger charge is -2.15. The molecule has 0 aromatic heterocycles. The molecule has 0 nitrogen and oxygen atoms in total. The van der Waals surface area contributed by atoms with Crippen LogP contribution in [0.1, 0.15) is 11.1 Å². The second-order valence-corrected chi connectivity index (χ2v) is 6.43. The van der Waals surface area contributed by atoms with Gasteiger partial charge in [0.25, 0.3) is 0 Å². The average molecular weight is 280 g/mol. The van der Waals surface area contributed by atoms with Gasteiger partial charge in [-0.15, -0.1) is 0 Å². The van der Waals surface area contributed by atoms with Crippen LogP contribution in [0.25, 0.3) is 43.1 Å². The molecule has 5 aromatic rings. The standard InChI is InChI=1S/C22H16/c1-13-9-16-10-14(2)12-20-18-8-4-6-15-5-3-7-17(21(15)18)19(11-13)22(16)20/h3-12H,1-2H3. The summed E-state index contributed by atoms with van der Waals surface area (Å²) in [4.78, 5) is 0. The van der Waals surface area contributed by atoms with Crippen molar-refractivity contribution in [3.05, 3.63) is 71.8 Å². The van der Waals surface area contributed by atoms with Crippen LogP contribution >= 0.6 is 0 Å². The van der Waals surface area contributed by atoms with Gasteiger partial charge >= 0.3 is 0 Å². The highest BCUT2D eigenvalue weighted by atomic mass is 14.2. The maximum Gasteiger partial charge on any atom is -0.00260 e. The monoisotopic (exact) mass is 280 g/mol. The second kappa shape index (κ2) is 3.98. The first-order chi connectivity index (χ1) is 10.7. The first-order valence-electron chi connectivity index (χ1n) is 7.80. The minimum Gasteiger partial charge on any atom is -0.0610 e. The first kappa shape index (κ1) is 12.0. The van der Waals surface area contributed by atoms with E-state index in [0.717, 1.165) is 0 Å². The third-order valence-electron chi connectivity index (χ3n) is 4.82. The van der Waals surface area contributed by atoms with Gasteiger partial charge in [-0.3, -0.25) is 0 Å². The number of aryl methyl sites for hydroxylation is 2. The van der Waals surface area contributed by atoms with Gasteiger partial charge in [0.2, 0.25) is 0 Å². The summed E-state index contributed by atoms with van der Waals surface area (Å²) in [6.45, 7) is 4.39. The molecule has 0 heteroatoms. The average Bonchev–Trinajstić information content (AvgIpc) is 2.51. The lowest BCUT2D eigenvalue weighted by atomic mass is 9.88. The van der Waals surface area contributed by atoms with Crippen molar-refractivity contribution < 1.29 is 0 Å². The van der Waals surface area contributed by atoms with Crippen LogP contribution in [0.5, 0.6) is 0 Å². The second-order valence-electron chi connectivity index (χ2n) is 6.43. The SMILES string of the molecule is Cc1cc2cc(C)cc3c4cccc5cccc(c(c1)c23)c54. The van der Waals surface area contributed by atoms with Crippen LogP contribution in [-0.4, -0.2) is 0 Å². The van der Waals surface area contributed by atoms with E-state index < -0.39 is 0 Å². The van der Waals surface area contributed by atoms with Crippen LogP contribution in [-0.2, 0) is 0 Å². The summed E-state index contributed by atoms with van der Waals surface area (Å²) in [5, 5.41) is 11.0. The van der Waals surface area contributed by atoms with Crippen molar-refractivity contribution in [2.45, 2.75) is 13.8 Å². The highest BCUT2D eigenvalue weighted by molar-refractivity contribution is 6.33. The maximum atomic E-state index is 2.34. The number of rotatable bonds is 0. The molecule has 22 heavy (non-hydrogen) atoms. The van der Waals surface area contributed by atoms with Gasteiger partial charge in [-0.25, -0.2) is 0 Å². The van der Waals surface area contributed by atoms with E-state index in [1.165, 1.54) is 54.2 Å². The van der Waals surface area contributed by atoms with E-state index in [1.54, 1.807) is 0 Å². The van der Waals surface area contributed by atoms with Crippen molar-refractivity contribution in [3.8, 4) is 0 Å². The van der Waals surface area contributed by atoms with Crippen LogP contribution in [0.4, 0.5) is 0 Å². The van der Waals surface area contributed by atoms with Crippen molar-refractivity contribution in [2.24, 2.45) is 0 Å². The number of fused-ring (bicyclic) bond motifs is 2. The quantitative estimate of drug-likeness (QED) is 0.229. The van der Waals surface area contributed by atoms with E-state index >= 15 is 0 Å². The van der Waals surface area contributed by atoms with Gasteiger partial charge in [0, 0.05) is 0 Å². The Balaban J connectivity index is 2.28. The van der Waals surface area contributed by atoms with Crippen molar-refractivity contribution >= 4 is 43.1 Å². The van der Waals surface area contributed by atoms with Crippen LogP contribution in [0.2, 0.25) is 0 Å². The molecule has 0 radical (unpaired) electrons. The van der Waals surface area contributed by atoms with Gasteiger partial charge in [0.15, 0.2) is 0 Å². The van der Waals surface area contributed by atoms with Gasteiger partial charge in [0.1, 0.15) is 0 Å². The molecule has 0 heterocycles. The maximum absolute atomic E-state index is 2.34. The third kappa shape index (κ3) is 1.42. The molecule has 0 atom stereocenters. The van der Waals surface area contributed by atoms with Crippen LogP contribution in [0.15, 0.2) is 60.7 Å². The van der Waals surface area contributed by atoms with E-state index in [-0.39, 0.29) is 0 Å². The highest BCUT2D eigenvalue weighted by Gasteiger charge is 2.13. The lowest BCUT2D eigenvalue weighted by molar-refractivity contribution is 1.50. The van der Waals surface area contributed by atoms with Gasteiger partial charge in [0.05, 0.1) is 0 Å². The van der Waals surface area contributed by atoms with Gasteiger partial charge < -0.3 is 0 Å². The predicted molar refractivity (Wildman–Crippen MR) is 97.1 cm³/mol. The van der Waals surface area contributed by atoms with Crippen molar-refractivity contribution in [1.29, 1.82) is 0 Å². The summed E-state index contributed by atoms with van der Waals surface area (Å²) < 4.78 is 0. The molecule has 0 fully saturated rings. The van der Waals surface area contributed by atoms with Gasteiger partial charge in [-0.1, -0.05) is 60.7 Å². The molecule has 5 rings (SSSR count). The fourth-order valence-electron chi connectivity index (χ4n) is 4.03. The fourth-order valence-corrected chi connectivity index (χ4v) is 4.03. The minimum absolute atomic E-state index is 1.33. The summed E-state index contributed by atoms with van der Waals surface area (Å²) in [6.07, 6.45) is 0. The van der Waals surface area contributed by atoms with Crippen LogP contribution < -0.4 is 0 Å². The number of benzene rings is 5. The summed E-state index contributed by atoms with van der Waals surface area (Å²) in [5.41, 5.74) is 2.66. The Hall–Kier alpha value is -2.60. The Labute approximate surface area is 129 Å². The molecule has 0 unspecified atom stereocenters. The number of hydrogen-bond donors (Lipinski definition) is 0. The molecule has 0 N–H and O–H groups in total. The fraction of sp³-hybridized carbons (Fsp3) is 0.0909. The van der Waals surface area contributed by atoms with E-state index in [9.17, 15) is 0 Å². The number of hydrogen-bond acceptors (Lipinski definition) is 0. The third-order valence-corrected chi connectivity index (χ3v) is 4.82. The van der Waals surface area contributed by atoms with Crippen molar-refractivity contribution in [3.63, 3.8) is 0 Å². The molecule has 0 amide bonds. The molecule has 0 aliphatic heterocycles. The Kier molecular flexibility index (Phi) is 2.17. The van der Waals surface area contributed by atoms with Crippen molar-refractivity contribution in [2.75, 3.05) is 0 Å².